The van der Waals surface area contributed by atoms with E-state index in [1.165, 1.54) is 0 Å². The zero-order valence-corrected chi connectivity index (χ0v) is 17.9. The molecule has 5 rings (SSSR count). The van der Waals surface area contributed by atoms with Gasteiger partial charge in [0.15, 0.2) is 0 Å². The Balaban J connectivity index is 1.65. The maximum Gasteiger partial charge on any atom is 0.246 e. The number of para-hydroxylation sites is 1. The van der Waals surface area contributed by atoms with Gasteiger partial charge in [0.1, 0.15) is 11.8 Å². The zero-order chi connectivity index (χ0) is 21.5. The number of ether oxygens (including phenoxy) is 1. The van der Waals surface area contributed by atoms with E-state index in [1.54, 1.807) is 12.0 Å². The third-order valence-electron chi connectivity index (χ3n) is 6.56. The van der Waals surface area contributed by atoms with Gasteiger partial charge in [0.2, 0.25) is 11.8 Å². The second-order valence-corrected chi connectivity index (χ2v) is 8.37. The number of fused-ring (bicyclic) bond motifs is 4. The van der Waals surface area contributed by atoms with Gasteiger partial charge >= 0.3 is 0 Å². The van der Waals surface area contributed by atoms with Crippen molar-refractivity contribution in [3.63, 3.8) is 0 Å². The highest BCUT2D eigenvalue weighted by Crippen LogP contribution is 2.42. The van der Waals surface area contributed by atoms with Crippen LogP contribution in [0.2, 0.25) is 0 Å². The first-order valence-electron chi connectivity index (χ1n) is 11.0. The molecule has 2 aliphatic heterocycles. The lowest BCUT2D eigenvalue weighted by molar-refractivity contribution is -0.158. The van der Waals surface area contributed by atoms with Crippen LogP contribution >= 0.6 is 0 Å². The minimum atomic E-state index is -0.475. The molecule has 0 aliphatic carbocycles. The third-order valence-corrected chi connectivity index (χ3v) is 6.56. The Morgan fingerprint density at radius 1 is 1.10 bits per heavy atom. The van der Waals surface area contributed by atoms with Crippen molar-refractivity contribution in [2.45, 2.75) is 38.3 Å². The number of rotatable bonds is 5. The molecular weight excluding hydrogens is 390 g/mol. The molecule has 1 fully saturated rings. The van der Waals surface area contributed by atoms with Crippen LogP contribution in [0.15, 0.2) is 48.5 Å². The smallest absolute Gasteiger partial charge is 0.246 e. The number of aromatic amines is 1. The minimum Gasteiger partial charge on any atom is -0.497 e. The summed E-state index contributed by atoms with van der Waals surface area (Å²) in [5.74, 6) is 0.827. The molecule has 2 aromatic carbocycles. The fourth-order valence-corrected chi connectivity index (χ4v) is 4.99. The van der Waals surface area contributed by atoms with E-state index in [0.717, 1.165) is 46.3 Å². The molecule has 0 radical (unpaired) electrons. The van der Waals surface area contributed by atoms with Gasteiger partial charge in [-0.25, -0.2) is 0 Å². The van der Waals surface area contributed by atoms with Gasteiger partial charge in [-0.3, -0.25) is 9.59 Å². The van der Waals surface area contributed by atoms with Crippen molar-refractivity contribution in [3.05, 3.63) is 65.4 Å². The third kappa shape index (κ3) is 3.17. The molecule has 0 unspecified atom stereocenters. The first-order valence-corrected chi connectivity index (χ1v) is 11.0. The zero-order valence-electron chi connectivity index (χ0n) is 17.9. The first kappa shape index (κ1) is 19.7. The Morgan fingerprint density at radius 3 is 2.61 bits per heavy atom. The van der Waals surface area contributed by atoms with Crippen LogP contribution < -0.4 is 4.74 Å². The van der Waals surface area contributed by atoms with Crippen molar-refractivity contribution in [2.24, 2.45) is 0 Å². The molecule has 6 nitrogen and oxygen atoms in total. The number of aromatic nitrogens is 1. The van der Waals surface area contributed by atoms with Gasteiger partial charge in [0.05, 0.1) is 19.7 Å². The predicted octanol–water partition coefficient (Wildman–Crippen LogP) is 3.66. The van der Waals surface area contributed by atoms with Crippen LogP contribution in [-0.4, -0.2) is 52.8 Å². The molecule has 6 heteroatoms. The summed E-state index contributed by atoms with van der Waals surface area (Å²) in [6.07, 6.45) is 2.44. The molecule has 31 heavy (non-hydrogen) atoms. The molecule has 1 N–H and O–H groups in total. The molecule has 2 amide bonds. The number of carbonyl (C=O) groups is 2. The number of benzene rings is 2. The van der Waals surface area contributed by atoms with Crippen LogP contribution in [0.4, 0.5) is 0 Å². The summed E-state index contributed by atoms with van der Waals surface area (Å²) in [5, 5.41) is 1.13. The molecular formula is C25H27N3O3. The van der Waals surface area contributed by atoms with E-state index >= 15 is 0 Å². The number of unbranched alkanes of at least 4 members (excludes halogenated alkanes) is 1. The van der Waals surface area contributed by atoms with Crippen molar-refractivity contribution in [2.75, 3.05) is 20.2 Å². The highest BCUT2D eigenvalue weighted by Gasteiger charge is 2.47. The van der Waals surface area contributed by atoms with E-state index in [2.05, 4.69) is 24.0 Å². The number of hydrogen-bond acceptors (Lipinski definition) is 3. The SMILES string of the molecule is CCCCN1CC(=O)N2[C@@H](c3ccc(OC)cc3)c3[nH]c4ccccc4c3C[C@@H]2C1=O. The van der Waals surface area contributed by atoms with Gasteiger partial charge in [0.25, 0.3) is 0 Å². The van der Waals surface area contributed by atoms with Crippen LogP contribution in [0.5, 0.6) is 5.75 Å². The van der Waals surface area contributed by atoms with Crippen molar-refractivity contribution in [1.82, 2.24) is 14.8 Å². The molecule has 3 heterocycles. The molecule has 2 aliphatic rings. The average Bonchev–Trinajstić information content (AvgIpc) is 3.17. The lowest BCUT2D eigenvalue weighted by Crippen LogP contribution is -2.63. The van der Waals surface area contributed by atoms with Gasteiger partial charge in [-0.05, 0) is 35.7 Å². The molecule has 1 aromatic heterocycles. The lowest BCUT2D eigenvalue weighted by atomic mass is 9.86. The number of nitrogens with zero attached hydrogens (tertiary/aromatic N) is 2. The number of nitrogens with one attached hydrogen (secondary N) is 1. The van der Waals surface area contributed by atoms with E-state index in [-0.39, 0.29) is 24.4 Å². The molecule has 2 atom stereocenters. The standard InChI is InChI=1S/C25H27N3O3/c1-3-4-13-27-15-22(29)28-21(25(27)30)14-19-18-7-5-6-8-20(18)26-23(19)24(28)16-9-11-17(31-2)12-10-16/h5-12,21,24,26H,3-4,13-15H2,1-2H3/t21-,24+/m1/s1. The minimum absolute atomic E-state index is 0.00540. The second-order valence-electron chi connectivity index (χ2n) is 8.37. The Labute approximate surface area is 181 Å². The topological polar surface area (TPSA) is 65.6 Å². The van der Waals surface area contributed by atoms with Crippen LogP contribution in [0, 0.1) is 0 Å². The molecule has 1 saturated heterocycles. The molecule has 0 saturated carbocycles. The summed E-state index contributed by atoms with van der Waals surface area (Å²) in [4.78, 5) is 33.9. The van der Waals surface area contributed by atoms with E-state index in [4.69, 9.17) is 4.74 Å². The van der Waals surface area contributed by atoms with E-state index in [9.17, 15) is 9.59 Å². The van der Waals surface area contributed by atoms with E-state index in [0.29, 0.717) is 13.0 Å². The Morgan fingerprint density at radius 2 is 1.87 bits per heavy atom. The summed E-state index contributed by atoms with van der Waals surface area (Å²) in [7, 11) is 1.64. The Hall–Kier alpha value is -3.28. The molecule has 0 bridgehead atoms. The van der Waals surface area contributed by atoms with Crippen LogP contribution in [0.3, 0.4) is 0 Å². The maximum atomic E-state index is 13.5. The van der Waals surface area contributed by atoms with Crippen molar-refractivity contribution < 1.29 is 14.3 Å². The van der Waals surface area contributed by atoms with Gasteiger partial charge in [-0.15, -0.1) is 0 Å². The van der Waals surface area contributed by atoms with E-state index < -0.39 is 6.04 Å². The fraction of sp³-hybridized carbons (Fsp3) is 0.360. The molecule has 160 valence electrons. The summed E-state index contributed by atoms with van der Waals surface area (Å²) in [5.41, 5.74) is 4.15. The molecule has 0 spiro atoms. The predicted molar refractivity (Wildman–Crippen MR) is 119 cm³/mol. The number of hydrogen-bond donors (Lipinski definition) is 1. The van der Waals surface area contributed by atoms with Crippen molar-refractivity contribution >= 4 is 22.7 Å². The number of amides is 2. The highest BCUT2D eigenvalue weighted by atomic mass is 16.5. The normalized spacial score (nSPS) is 20.7. The van der Waals surface area contributed by atoms with Gasteiger partial charge < -0.3 is 19.5 Å². The van der Waals surface area contributed by atoms with Crippen LogP contribution in [-0.2, 0) is 16.0 Å². The van der Waals surface area contributed by atoms with Crippen molar-refractivity contribution in [3.8, 4) is 5.75 Å². The number of carbonyl (C=O) groups excluding carboxylic acids is 2. The monoisotopic (exact) mass is 417 g/mol. The van der Waals surface area contributed by atoms with Crippen LogP contribution in [0.1, 0.15) is 42.6 Å². The van der Waals surface area contributed by atoms with Crippen LogP contribution in [0.25, 0.3) is 10.9 Å². The first-order chi connectivity index (χ1) is 15.1. The Kier molecular flexibility index (Phi) is 4.93. The number of H-pyrrole nitrogens is 1. The molecule has 3 aromatic rings. The number of piperazine rings is 1. The maximum absolute atomic E-state index is 13.5. The summed E-state index contributed by atoms with van der Waals surface area (Å²) >= 11 is 0. The highest BCUT2D eigenvalue weighted by molar-refractivity contribution is 5.97. The van der Waals surface area contributed by atoms with Gasteiger partial charge in [-0.1, -0.05) is 43.7 Å². The Bertz CT molecular complexity index is 1130. The number of methoxy groups -OCH3 is 1. The van der Waals surface area contributed by atoms with Gasteiger partial charge in [0, 0.05) is 29.6 Å². The fourth-order valence-electron chi connectivity index (χ4n) is 4.99. The summed E-state index contributed by atoms with van der Waals surface area (Å²) in [6.45, 7) is 2.89. The second kappa shape index (κ2) is 7.76. The van der Waals surface area contributed by atoms with Gasteiger partial charge in [-0.2, -0.15) is 0 Å². The van der Waals surface area contributed by atoms with Crippen molar-refractivity contribution in [1.29, 1.82) is 0 Å². The lowest BCUT2D eigenvalue weighted by Gasteiger charge is -2.47. The van der Waals surface area contributed by atoms with E-state index in [1.807, 2.05) is 41.3 Å². The summed E-state index contributed by atoms with van der Waals surface area (Å²) in [6, 6.07) is 15.2. The largest absolute Gasteiger partial charge is 0.497 e. The summed E-state index contributed by atoms with van der Waals surface area (Å²) < 4.78 is 5.32. The average molecular weight is 418 g/mol. The quantitative estimate of drug-likeness (QED) is 0.689.